The van der Waals surface area contributed by atoms with Gasteiger partial charge in [-0.15, -0.1) is 0 Å². The largest absolute Gasteiger partial charge is 0.481 e. The number of hydrogen-bond donors (Lipinski definition) is 1. The second-order valence-electron chi connectivity index (χ2n) is 5.42. The van der Waals surface area contributed by atoms with Crippen molar-refractivity contribution < 1.29 is 9.90 Å². The van der Waals surface area contributed by atoms with Crippen LogP contribution < -0.4 is 0 Å². The normalized spacial score (nSPS) is 16.2. The van der Waals surface area contributed by atoms with E-state index in [1.165, 1.54) is 31.0 Å². The number of fused-ring (bicyclic) bond motifs is 1. The highest BCUT2D eigenvalue weighted by Crippen LogP contribution is 2.33. The molecule has 1 aliphatic rings. The van der Waals surface area contributed by atoms with E-state index in [1.54, 1.807) is 0 Å². The topological polar surface area (TPSA) is 63.1 Å². The van der Waals surface area contributed by atoms with Gasteiger partial charge in [0, 0.05) is 11.3 Å². The minimum absolute atomic E-state index is 0.0329. The van der Waals surface area contributed by atoms with Crippen molar-refractivity contribution in [2.45, 2.75) is 43.0 Å². The third-order valence-corrected chi connectivity index (χ3v) is 4.86. The van der Waals surface area contributed by atoms with Gasteiger partial charge in [-0.3, -0.25) is 4.79 Å². The van der Waals surface area contributed by atoms with Crippen LogP contribution in [0.15, 0.2) is 29.3 Å². The van der Waals surface area contributed by atoms with Crippen molar-refractivity contribution in [1.82, 2.24) is 9.97 Å². The fourth-order valence-electron chi connectivity index (χ4n) is 2.85. The first-order valence-corrected chi connectivity index (χ1v) is 8.34. The van der Waals surface area contributed by atoms with Crippen molar-refractivity contribution >= 4 is 28.6 Å². The predicted molar refractivity (Wildman–Crippen MR) is 83.7 cm³/mol. The number of para-hydroxylation sites is 1. The van der Waals surface area contributed by atoms with E-state index in [2.05, 4.69) is 4.98 Å². The molecule has 5 heteroatoms. The molecule has 21 heavy (non-hydrogen) atoms. The van der Waals surface area contributed by atoms with E-state index in [0.29, 0.717) is 5.92 Å². The Morgan fingerprint density at radius 3 is 2.71 bits per heavy atom. The van der Waals surface area contributed by atoms with Crippen LogP contribution in [0.4, 0.5) is 0 Å². The third-order valence-electron chi connectivity index (χ3n) is 3.89. The summed E-state index contributed by atoms with van der Waals surface area (Å²) >= 11 is 1.29. The zero-order chi connectivity index (χ0) is 14.7. The standard InChI is InChI=1S/C16H18N2O2S/c19-14(20)10-21-16-12-8-4-5-9-13(12)17-15(18-16)11-6-2-1-3-7-11/h4-5,8-9,11H,1-3,6-7,10H2,(H,19,20). The average Bonchev–Trinajstić information content (AvgIpc) is 2.53. The highest BCUT2D eigenvalue weighted by molar-refractivity contribution is 8.00. The van der Waals surface area contributed by atoms with Gasteiger partial charge in [-0.2, -0.15) is 0 Å². The third kappa shape index (κ3) is 3.35. The summed E-state index contributed by atoms with van der Waals surface area (Å²) in [5, 5.41) is 10.6. The van der Waals surface area contributed by atoms with Gasteiger partial charge in [0.1, 0.15) is 10.9 Å². The van der Waals surface area contributed by atoms with E-state index in [1.807, 2.05) is 24.3 Å². The first kappa shape index (κ1) is 14.3. The number of benzene rings is 1. The number of rotatable bonds is 4. The van der Waals surface area contributed by atoms with E-state index >= 15 is 0 Å². The molecule has 4 nitrogen and oxygen atoms in total. The maximum atomic E-state index is 10.8. The SMILES string of the molecule is O=C(O)CSc1nc(C2CCCCC2)nc2ccccc12. The van der Waals surface area contributed by atoms with Gasteiger partial charge in [-0.25, -0.2) is 9.97 Å². The van der Waals surface area contributed by atoms with Crippen LogP contribution >= 0.6 is 11.8 Å². The van der Waals surface area contributed by atoms with Crippen LogP contribution in [-0.4, -0.2) is 26.8 Å². The van der Waals surface area contributed by atoms with Gasteiger partial charge in [0.2, 0.25) is 0 Å². The molecule has 1 fully saturated rings. The summed E-state index contributed by atoms with van der Waals surface area (Å²) < 4.78 is 0. The van der Waals surface area contributed by atoms with Crippen LogP contribution in [0.5, 0.6) is 0 Å². The number of carboxylic acids is 1. The minimum atomic E-state index is -0.818. The van der Waals surface area contributed by atoms with Crippen LogP contribution in [-0.2, 0) is 4.79 Å². The molecule has 0 bridgehead atoms. The number of carboxylic acid groups (broad SMARTS) is 1. The zero-order valence-electron chi connectivity index (χ0n) is 11.8. The Labute approximate surface area is 128 Å². The van der Waals surface area contributed by atoms with E-state index in [0.717, 1.165) is 34.6 Å². The Kier molecular flexibility index (Phi) is 4.39. The number of nitrogens with zero attached hydrogens (tertiary/aromatic N) is 2. The molecule has 1 aliphatic carbocycles. The summed E-state index contributed by atoms with van der Waals surface area (Å²) in [6.45, 7) is 0. The summed E-state index contributed by atoms with van der Waals surface area (Å²) in [5.74, 6) is 0.529. The van der Waals surface area contributed by atoms with E-state index < -0.39 is 5.97 Å². The molecule has 0 amide bonds. The maximum absolute atomic E-state index is 10.8. The molecule has 1 heterocycles. The van der Waals surface area contributed by atoms with Gasteiger partial charge < -0.3 is 5.11 Å². The lowest BCUT2D eigenvalue weighted by Crippen LogP contribution is -2.10. The molecule has 3 rings (SSSR count). The van der Waals surface area contributed by atoms with Crippen molar-refractivity contribution in [3.63, 3.8) is 0 Å². The quantitative estimate of drug-likeness (QED) is 0.686. The summed E-state index contributed by atoms with van der Waals surface area (Å²) in [6, 6.07) is 7.85. The molecule has 2 aromatic rings. The molecule has 0 spiro atoms. The number of aromatic nitrogens is 2. The van der Waals surface area contributed by atoms with E-state index in [4.69, 9.17) is 10.1 Å². The van der Waals surface area contributed by atoms with Gasteiger partial charge in [0.15, 0.2) is 0 Å². The zero-order valence-corrected chi connectivity index (χ0v) is 12.6. The molecule has 0 saturated heterocycles. The van der Waals surface area contributed by atoms with E-state index in [9.17, 15) is 4.79 Å². The van der Waals surface area contributed by atoms with Crippen molar-refractivity contribution in [3.8, 4) is 0 Å². The van der Waals surface area contributed by atoms with Crippen molar-refractivity contribution in [2.24, 2.45) is 0 Å². The van der Waals surface area contributed by atoms with Crippen molar-refractivity contribution in [3.05, 3.63) is 30.1 Å². The summed E-state index contributed by atoms with van der Waals surface area (Å²) in [7, 11) is 0. The molecule has 1 N–H and O–H groups in total. The highest BCUT2D eigenvalue weighted by Gasteiger charge is 2.20. The van der Waals surface area contributed by atoms with Crippen LogP contribution in [0.3, 0.4) is 0 Å². The van der Waals surface area contributed by atoms with Crippen LogP contribution in [0.1, 0.15) is 43.8 Å². The molecule has 110 valence electrons. The lowest BCUT2D eigenvalue weighted by molar-refractivity contribution is -0.133. The maximum Gasteiger partial charge on any atom is 0.313 e. The number of thioether (sulfide) groups is 1. The fraction of sp³-hybridized carbons (Fsp3) is 0.438. The first-order chi connectivity index (χ1) is 10.2. The van der Waals surface area contributed by atoms with Crippen LogP contribution in [0, 0.1) is 0 Å². The first-order valence-electron chi connectivity index (χ1n) is 7.35. The van der Waals surface area contributed by atoms with Crippen molar-refractivity contribution in [1.29, 1.82) is 0 Å². The predicted octanol–water partition coefficient (Wildman–Crippen LogP) is 3.85. The molecule has 0 radical (unpaired) electrons. The lowest BCUT2D eigenvalue weighted by Gasteiger charge is -2.21. The van der Waals surface area contributed by atoms with Gasteiger partial charge in [0.25, 0.3) is 0 Å². The second kappa shape index (κ2) is 6.43. The van der Waals surface area contributed by atoms with E-state index in [-0.39, 0.29) is 5.75 Å². The van der Waals surface area contributed by atoms with Crippen molar-refractivity contribution in [2.75, 3.05) is 5.75 Å². The summed E-state index contributed by atoms with van der Waals surface area (Å²) in [5.41, 5.74) is 0.918. The Balaban J connectivity index is 1.99. The Bertz CT molecular complexity index is 654. The minimum Gasteiger partial charge on any atom is -0.481 e. The van der Waals surface area contributed by atoms with Gasteiger partial charge in [-0.05, 0) is 18.9 Å². The van der Waals surface area contributed by atoms with Gasteiger partial charge in [0.05, 0.1) is 11.3 Å². The smallest absolute Gasteiger partial charge is 0.313 e. The monoisotopic (exact) mass is 302 g/mol. The molecule has 1 aromatic heterocycles. The summed E-state index contributed by atoms with van der Waals surface area (Å²) in [4.78, 5) is 20.2. The number of aliphatic carboxylic acids is 1. The number of hydrogen-bond acceptors (Lipinski definition) is 4. The molecule has 1 aromatic carbocycles. The van der Waals surface area contributed by atoms with Gasteiger partial charge >= 0.3 is 5.97 Å². The molecule has 0 aliphatic heterocycles. The lowest BCUT2D eigenvalue weighted by atomic mass is 9.88. The Morgan fingerprint density at radius 1 is 1.19 bits per heavy atom. The fourth-order valence-corrected chi connectivity index (χ4v) is 3.59. The van der Waals surface area contributed by atoms with Crippen LogP contribution in [0.2, 0.25) is 0 Å². The Hall–Kier alpha value is -1.62. The molecule has 0 atom stereocenters. The van der Waals surface area contributed by atoms with Crippen LogP contribution in [0.25, 0.3) is 10.9 Å². The van der Waals surface area contributed by atoms with Gasteiger partial charge in [-0.1, -0.05) is 49.2 Å². The highest BCUT2D eigenvalue weighted by atomic mass is 32.2. The Morgan fingerprint density at radius 2 is 1.95 bits per heavy atom. The number of carbonyl (C=O) groups is 1. The average molecular weight is 302 g/mol. The summed E-state index contributed by atoms with van der Waals surface area (Å²) in [6.07, 6.45) is 6.05. The molecular formula is C16H18N2O2S. The molecule has 1 saturated carbocycles. The molecular weight excluding hydrogens is 284 g/mol. The molecule has 0 unspecified atom stereocenters. The second-order valence-corrected chi connectivity index (χ2v) is 6.39.